The fourth-order valence-corrected chi connectivity index (χ4v) is 2.66. The SMILES string of the molecule is C/C=C/C(O[Si](C)(C)C(C)(C)C)C(O)/C=C/C(=O)OCC. The lowest BCUT2D eigenvalue weighted by molar-refractivity contribution is -0.137. The fraction of sp³-hybridized carbons (Fsp3) is 0.688. The van der Waals surface area contributed by atoms with Crippen molar-refractivity contribution in [1.29, 1.82) is 0 Å². The minimum Gasteiger partial charge on any atom is -0.463 e. The Hall–Kier alpha value is -0.913. The predicted octanol–water partition coefficient (Wildman–Crippen LogP) is 3.43. The maximum absolute atomic E-state index is 11.3. The van der Waals surface area contributed by atoms with Crippen LogP contribution >= 0.6 is 0 Å². The minimum atomic E-state index is -2.00. The highest BCUT2D eigenvalue weighted by molar-refractivity contribution is 6.74. The van der Waals surface area contributed by atoms with Gasteiger partial charge in [-0.05, 0) is 38.1 Å². The van der Waals surface area contributed by atoms with Crippen LogP contribution in [0.3, 0.4) is 0 Å². The lowest BCUT2D eigenvalue weighted by Crippen LogP contribution is -2.46. The van der Waals surface area contributed by atoms with E-state index in [1.165, 1.54) is 12.2 Å². The molecule has 0 amide bonds. The number of ether oxygens (including phenoxy) is 1. The Morgan fingerprint density at radius 1 is 1.29 bits per heavy atom. The highest BCUT2D eigenvalue weighted by Gasteiger charge is 2.39. The molecule has 0 aromatic rings. The lowest BCUT2D eigenvalue weighted by Gasteiger charge is -2.39. The molecular weight excluding hydrogens is 284 g/mol. The van der Waals surface area contributed by atoms with Gasteiger partial charge in [-0.1, -0.05) is 32.9 Å². The summed E-state index contributed by atoms with van der Waals surface area (Å²) in [6.07, 6.45) is 5.01. The van der Waals surface area contributed by atoms with Gasteiger partial charge in [0.05, 0.1) is 12.7 Å². The van der Waals surface area contributed by atoms with E-state index in [2.05, 4.69) is 33.9 Å². The second kappa shape index (κ2) is 8.51. The number of allylic oxidation sites excluding steroid dienone is 1. The fourth-order valence-electron chi connectivity index (χ4n) is 1.41. The van der Waals surface area contributed by atoms with Crippen molar-refractivity contribution in [3.05, 3.63) is 24.3 Å². The second-order valence-electron chi connectivity index (χ2n) is 6.47. The maximum atomic E-state index is 11.3. The summed E-state index contributed by atoms with van der Waals surface area (Å²) < 4.78 is 11.0. The van der Waals surface area contributed by atoms with Crippen LogP contribution in [-0.4, -0.2) is 38.2 Å². The van der Waals surface area contributed by atoms with Gasteiger partial charge < -0.3 is 14.3 Å². The van der Waals surface area contributed by atoms with Crippen molar-refractivity contribution in [2.45, 2.75) is 65.0 Å². The first kappa shape index (κ1) is 20.1. The van der Waals surface area contributed by atoms with Crippen LogP contribution in [0.5, 0.6) is 0 Å². The molecule has 0 aromatic carbocycles. The first-order valence-corrected chi connectivity index (χ1v) is 10.3. The van der Waals surface area contributed by atoms with Gasteiger partial charge in [0.2, 0.25) is 0 Å². The average Bonchev–Trinajstić information content (AvgIpc) is 2.34. The van der Waals surface area contributed by atoms with E-state index < -0.39 is 26.5 Å². The molecule has 0 radical (unpaired) electrons. The van der Waals surface area contributed by atoms with Gasteiger partial charge in [-0.15, -0.1) is 0 Å². The number of hydrogen-bond acceptors (Lipinski definition) is 4. The normalized spacial score (nSPS) is 16.4. The van der Waals surface area contributed by atoms with Crippen molar-refractivity contribution in [1.82, 2.24) is 0 Å². The monoisotopic (exact) mass is 314 g/mol. The molecular formula is C16H30O4Si. The van der Waals surface area contributed by atoms with Gasteiger partial charge in [0.1, 0.15) is 6.10 Å². The van der Waals surface area contributed by atoms with Gasteiger partial charge in [0, 0.05) is 6.08 Å². The quantitative estimate of drug-likeness (QED) is 0.338. The Kier molecular flexibility index (Phi) is 8.14. The largest absolute Gasteiger partial charge is 0.463 e. The van der Waals surface area contributed by atoms with Crippen LogP contribution < -0.4 is 0 Å². The van der Waals surface area contributed by atoms with E-state index in [0.717, 1.165) is 0 Å². The van der Waals surface area contributed by atoms with Gasteiger partial charge in [0.25, 0.3) is 0 Å². The topological polar surface area (TPSA) is 55.8 Å². The molecule has 0 aliphatic rings. The van der Waals surface area contributed by atoms with Gasteiger partial charge in [-0.25, -0.2) is 4.79 Å². The van der Waals surface area contributed by atoms with Crippen LogP contribution in [-0.2, 0) is 14.0 Å². The van der Waals surface area contributed by atoms with E-state index in [9.17, 15) is 9.90 Å². The third kappa shape index (κ3) is 7.06. The van der Waals surface area contributed by atoms with Crippen LogP contribution in [0.2, 0.25) is 18.1 Å². The van der Waals surface area contributed by atoms with E-state index >= 15 is 0 Å². The molecule has 122 valence electrons. The highest BCUT2D eigenvalue weighted by atomic mass is 28.4. The molecule has 21 heavy (non-hydrogen) atoms. The number of carbonyl (C=O) groups is 1. The summed E-state index contributed by atoms with van der Waals surface area (Å²) in [6, 6.07) is 0. The number of rotatable bonds is 7. The number of aliphatic hydroxyl groups excluding tert-OH is 1. The molecule has 1 N–H and O–H groups in total. The molecule has 0 aliphatic heterocycles. The molecule has 0 fully saturated rings. The summed E-state index contributed by atoms with van der Waals surface area (Å²) in [4.78, 5) is 11.3. The standard InChI is InChI=1S/C16H30O4Si/c1-8-10-14(20-21(6,7)16(3,4)5)13(17)11-12-15(18)19-9-2/h8,10-14,17H,9H2,1-7H3/b10-8+,12-11+. The van der Waals surface area contributed by atoms with Crippen molar-refractivity contribution in [3.8, 4) is 0 Å². The van der Waals surface area contributed by atoms with Crippen molar-refractivity contribution in [2.75, 3.05) is 6.61 Å². The Bertz CT molecular complexity index is 380. The summed E-state index contributed by atoms with van der Waals surface area (Å²) in [5.74, 6) is -0.455. The molecule has 4 nitrogen and oxygen atoms in total. The Morgan fingerprint density at radius 3 is 2.29 bits per heavy atom. The average molecular weight is 314 g/mol. The zero-order valence-electron chi connectivity index (χ0n) is 14.3. The molecule has 2 unspecified atom stereocenters. The zero-order valence-corrected chi connectivity index (χ0v) is 15.3. The summed E-state index contributed by atoms with van der Waals surface area (Å²) >= 11 is 0. The van der Waals surface area contributed by atoms with Crippen LogP contribution in [0.1, 0.15) is 34.6 Å². The van der Waals surface area contributed by atoms with Crippen molar-refractivity contribution >= 4 is 14.3 Å². The first-order chi connectivity index (χ1) is 9.55. The summed E-state index contributed by atoms with van der Waals surface area (Å²) in [6.45, 7) is 14.6. The summed E-state index contributed by atoms with van der Waals surface area (Å²) in [7, 11) is -2.00. The Morgan fingerprint density at radius 2 is 1.86 bits per heavy atom. The predicted molar refractivity (Wildman–Crippen MR) is 88.7 cm³/mol. The number of aliphatic hydroxyl groups is 1. The summed E-state index contributed by atoms with van der Waals surface area (Å²) in [5, 5.41) is 10.3. The number of hydrogen-bond donors (Lipinski definition) is 1. The molecule has 0 aliphatic carbocycles. The molecule has 0 spiro atoms. The van der Waals surface area contributed by atoms with E-state index in [0.29, 0.717) is 6.61 Å². The molecule has 2 atom stereocenters. The number of esters is 1. The van der Waals surface area contributed by atoms with E-state index in [1.807, 2.05) is 19.1 Å². The molecule has 0 rings (SSSR count). The van der Waals surface area contributed by atoms with E-state index in [4.69, 9.17) is 9.16 Å². The third-order valence-electron chi connectivity index (χ3n) is 3.67. The van der Waals surface area contributed by atoms with Gasteiger partial charge in [-0.2, -0.15) is 0 Å². The second-order valence-corrected chi connectivity index (χ2v) is 11.2. The van der Waals surface area contributed by atoms with Crippen LogP contribution in [0.4, 0.5) is 0 Å². The molecule has 5 heteroatoms. The van der Waals surface area contributed by atoms with Crippen LogP contribution in [0.25, 0.3) is 0 Å². The van der Waals surface area contributed by atoms with Gasteiger partial charge in [0.15, 0.2) is 8.32 Å². The van der Waals surface area contributed by atoms with Gasteiger partial charge >= 0.3 is 5.97 Å². The van der Waals surface area contributed by atoms with E-state index in [1.54, 1.807) is 6.92 Å². The molecule has 0 saturated carbocycles. The van der Waals surface area contributed by atoms with Crippen LogP contribution in [0.15, 0.2) is 24.3 Å². The smallest absolute Gasteiger partial charge is 0.330 e. The number of carbonyl (C=O) groups excluding carboxylic acids is 1. The first-order valence-electron chi connectivity index (χ1n) is 7.38. The Balaban J connectivity index is 4.95. The lowest BCUT2D eigenvalue weighted by atomic mass is 10.2. The van der Waals surface area contributed by atoms with Crippen molar-refractivity contribution in [2.24, 2.45) is 0 Å². The highest BCUT2D eigenvalue weighted by Crippen LogP contribution is 2.37. The van der Waals surface area contributed by atoms with E-state index in [-0.39, 0.29) is 5.04 Å². The third-order valence-corrected chi connectivity index (χ3v) is 8.15. The molecule has 0 bridgehead atoms. The minimum absolute atomic E-state index is 0.0530. The maximum Gasteiger partial charge on any atom is 0.330 e. The van der Waals surface area contributed by atoms with Crippen molar-refractivity contribution < 1.29 is 19.1 Å². The van der Waals surface area contributed by atoms with Crippen LogP contribution in [0, 0.1) is 0 Å². The molecule has 0 saturated heterocycles. The molecule has 0 aromatic heterocycles. The zero-order chi connectivity index (χ0) is 16.7. The van der Waals surface area contributed by atoms with Crippen molar-refractivity contribution in [3.63, 3.8) is 0 Å². The Labute approximate surface area is 130 Å². The summed E-state index contributed by atoms with van der Waals surface area (Å²) in [5.41, 5.74) is 0. The molecule has 0 heterocycles. The van der Waals surface area contributed by atoms with Gasteiger partial charge in [-0.3, -0.25) is 0 Å².